The Morgan fingerprint density at radius 3 is 3.00 bits per heavy atom. The number of nitrogens with one attached hydrogen (secondary N) is 2. The molecule has 0 saturated heterocycles. The van der Waals surface area contributed by atoms with Crippen LogP contribution in [0.1, 0.15) is 12.1 Å². The van der Waals surface area contributed by atoms with Crippen molar-refractivity contribution in [1.29, 1.82) is 0 Å². The summed E-state index contributed by atoms with van der Waals surface area (Å²) >= 11 is 1.59. The molecule has 0 radical (unpaired) electrons. The Morgan fingerprint density at radius 1 is 1.33 bits per heavy atom. The lowest BCUT2D eigenvalue weighted by Crippen LogP contribution is -2.40. The first kappa shape index (κ1) is 19.0. The number of benzene rings is 1. The molecule has 0 atom stereocenters. The van der Waals surface area contributed by atoms with Crippen LogP contribution in [0.25, 0.3) is 17.0 Å². The quantitative estimate of drug-likeness (QED) is 0.437. The van der Waals surface area contributed by atoms with Gasteiger partial charge in [-0.2, -0.15) is 0 Å². The number of ether oxygens (including phenoxy) is 1. The molecule has 1 aromatic carbocycles. The van der Waals surface area contributed by atoms with Crippen molar-refractivity contribution in [3.63, 3.8) is 0 Å². The van der Waals surface area contributed by atoms with Crippen LogP contribution in [0.5, 0.6) is 5.75 Å². The Balaban J connectivity index is 1.71. The lowest BCUT2D eigenvalue weighted by molar-refractivity contribution is 0.416. The van der Waals surface area contributed by atoms with Gasteiger partial charge in [0.2, 0.25) is 0 Å². The maximum Gasteiger partial charge on any atom is 0.191 e. The number of hydrogen-bond donors (Lipinski definition) is 2. The van der Waals surface area contributed by atoms with Gasteiger partial charge >= 0.3 is 0 Å². The van der Waals surface area contributed by atoms with Gasteiger partial charge in [0, 0.05) is 24.1 Å². The SMILES string of the molecule is C=N/C(=C\SCNC1=NCCCN1)c1cccc(-c2ccccc2OC)n1. The van der Waals surface area contributed by atoms with Crippen molar-refractivity contribution in [3.05, 3.63) is 53.6 Å². The zero-order valence-electron chi connectivity index (χ0n) is 15.3. The topological polar surface area (TPSA) is 70.9 Å². The smallest absolute Gasteiger partial charge is 0.191 e. The fraction of sp³-hybridized carbons (Fsp3) is 0.250. The summed E-state index contributed by atoms with van der Waals surface area (Å²) in [5, 5.41) is 8.45. The fourth-order valence-corrected chi connectivity index (χ4v) is 3.30. The minimum Gasteiger partial charge on any atom is -0.496 e. The number of aromatic nitrogens is 1. The van der Waals surface area contributed by atoms with Gasteiger partial charge in [-0.25, -0.2) is 4.98 Å². The molecule has 0 unspecified atom stereocenters. The van der Waals surface area contributed by atoms with E-state index in [0.717, 1.165) is 53.9 Å². The largest absolute Gasteiger partial charge is 0.496 e. The highest BCUT2D eigenvalue weighted by Gasteiger charge is 2.09. The first-order valence-electron chi connectivity index (χ1n) is 8.73. The number of thioether (sulfide) groups is 1. The Labute approximate surface area is 163 Å². The predicted molar refractivity (Wildman–Crippen MR) is 114 cm³/mol. The monoisotopic (exact) mass is 381 g/mol. The van der Waals surface area contributed by atoms with E-state index in [-0.39, 0.29) is 0 Å². The van der Waals surface area contributed by atoms with E-state index in [1.807, 2.05) is 47.9 Å². The van der Waals surface area contributed by atoms with Crippen LogP contribution in [0.2, 0.25) is 0 Å². The number of hydrogen-bond acceptors (Lipinski definition) is 7. The van der Waals surface area contributed by atoms with Crippen molar-refractivity contribution in [2.45, 2.75) is 6.42 Å². The second kappa shape index (κ2) is 9.78. The van der Waals surface area contributed by atoms with Gasteiger partial charge in [-0.15, -0.1) is 11.8 Å². The molecule has 0 spiro atoms. The van der Waals surface area contributed by atoms with Crippen molar-refractivity contribution >= 4 is 30.1 Å². The number of nitrogens with zero attached hydrogens (tertiary/aromatic N) is 3. The van der Waals surface area contributed by atoms with E-state index in [9.17, 15) is 0 Å². The van der Waals surface area contributed by atoms with Crippen LogP contribution in [-0.2, 0) is 0 Å². The molecule has 6 nitrogen and oxygen atoms in total. The highest BCUT2D eigenvalue weighted by Crippen LogP contribution is 2.29. The summed E-state index contributed by atoms with van der Waals surface area (Å²) in [6, 6.07) is 13.7. The van der Waals surface area contributed by atoms with E-state index in [0.29, 0.717) is 5.88 Å². The second-order valence-electron chi connectivity index (χ2n) is 5.77. The van der Waals surface area contributed by atoms with Gasteiger partial charge < -0.3 is 15.4 Å². The zero-order chi connectivity index (χ0) is 18.9. The second-order valence-corrected chi connectivity index (χ2v) is 6.63. The molecule has 0 amide bonds. The maximum absolute atomic E-state index is 5.44. The van der Waals surface area contributed by atoms with Crippen LogP contribution in [0.4, 0.5) is 0 Å². The van der Waals surface area contributed by atoms with Crippen LogP contribution in [-0.4, -0.2) is 43.7 Å². The fourth-order valence-electron chi connectivity index (χ4n) is 2.64. The molecular formula is C20H23N5OS. The summed E-state index contributed by atoms with van der Waals surface area (Å²) in [5.74, 6) is 2.34. The summed E-state index contributed by atoms with van der Waals surface area (Å²) in [6.07, 6.45) is 1.08. The molecule has 2 N–H and O–H groups in total. The van der Waals surface area contributed by atoms with Gasteiger partial charge in [-0.05, 0) is 37.4 Å². The molecule has 1 aliphatic rings. The van der Waals surface area contributed by atoms with Crippen LogP contribution < -0.4 is 15.4 Å². The molecule has 0 bridgehead atoms. The Kier molecular flexibility index (Phi) is 6.87. The van der Waals surface area contributed by atoms with Crippen LogP contribution >= 0.6 is 11.8 Å². The molecule has 1 aromatic heterocycles. The number of rotatable bonds is 7. The van der Waals surface area contributed by atoms with E-state index in [4.69, 9.17) is 9.72 Å². The minimum atomic E-state index is 0.692. The van der Waals surface area contributed by atoms with Gasteiger partial charge in [-0.3, -0.25) is 9.98 Å². The molecule has 0 saturated carbocycles. The standard InChI is InChI=1S/C20H23N5OS/c1-21-18(13-27-14-24-20-22-11-6-12-23-20)17-9-5-8-16(25-17)15-7-3-4-10-19(15)26-2/h3-5,7-10,13H,1,6,11-12,14H2,2H3,(H2,22,23,24)/b18-13-. The summed E-state index contributed by atoms with van der Waals surface area (Å²) in [4.78, 5) is 13.3. The van der Waals surface area contributed by atoms with Gasteiger partial charge in [0.05, 0.1) is 30.1 Å². The lowest BCUT2D eigenvalue weighted by Gasteiger charge is -2.15. The summed E-state index contributed by atoms with van der Waals surface area (Å²) in [6.45, 7) is 5.52. The number of guanidine groups is 1. The van der Waals surface area contributed by atoms with Crippen molar-refractivity contribution in [2.24, 2.45) is 9.98 Å². The van der Waals surface area contributed by atoms with E-state index < -0.39 is 0 Å². The summed E-state index contributed by atoms with van der Waals surface area (Å²) in [5.41, 5.74) is 3.29. The Hall–Kier alpha value is -2.80. The maximum atomic E-state index is 5.44. The number of para-hydroxylation sites is 1. The first-order chi connectivity index (χ1) is 13.3. The molecule has 1 aliphatic heterocycles. The summed E-state index contributed by atoms with van der Waals surface area (Å²) < 4.78 is 5.44. The number of methoxy groups -OCH3 is 1. The highest BCUT2D eigenvalue weighted by molar-refractivity contribution is 8.02. The Morgan fingerprint density at radius 2 is 2.22 bits per heavy atom. The molecule has 3 rings (SSSR count). The molecule has 0 fully saturated rings. The third-order valence-corrected chi connectivity index (χ3v) is 4.68. The first-order valence-corrected chi connectivity index (χ1v) is 9.78. The van der Waals surface area contributed by atoms with Crippen molar-refractivity contribution in [2.75, 3.05) is 26.1 Å². The number of pyridine rings is 1. The zero-order valence-corrected chi connectivity index (χ0v) is 16.1. The third kappa shape index (κ3) is 5.10. The van der Waals surface area contributed by atoms with Gasteiger partial charge in [-0.1, -0.05) is 18.2 Å². The van der Waals surface area contributed by atoms with Gasteiger partial charge in [0.1, 0.15) is 5.75 Å². The van der Waals surface area contributed by atoms with Crippen molar-refractivity contribution < 1.29 is 4.74 Å². The van der Waals surface area contributed by atoms with E-state index >= 15 is 0 Å². The lowest BCUT2D eigenvalue weighted by atomic mass is 10.1. The normalized spacial score (nSPS) is 14.1. The van der Waals surface area contributed by atoms with Crippen LogP contribution in [0, 0.1) is 0 Å². The van der Waals surface area contributed by atoms with Crippen LogP contribution in [0.15, 0.2) is 57.9 Å². The van der Waals surface area contributed by atoms with Gasteiger partial charge in [0.25, 0.3) is 0 Å². The van der Waals surface area contributed by atoms with Gasteiger partial charge in [0.15, 0.2) is 5.96 Å². The molecule has 27 heavy (non-hydrogen) atoms. The molecule has 140 valence electrons. The van der Waals surface area contributed by atoms with Crippen molar-refractivity contribution in [1.82, 2.24) is 15.6 Å². The van der Waals surface area contributed by atoms with E-state index in [2.05, 4.69) is 27.3 Å². The van der Waals surface area contributed by atoms with Crippen molar-refractivity contribution in [3.8, 4) is 17.0 Å². The van der Waals surface area contributed by atoms with Crippen LogP contribution in [0.3, 0.4) is 0 Å². The summed E-state index contributed by atoms with van der Waals surface area (Å²) in [7, 11) is 1.66. The molecular weight excluding hydrogens is 358 g/mol. The molecule has 7 heteroatoms. The Bertz CT molecular complexity index is 850. The minimum absolute atomic E-state index is 0.692. The predicted octanol–water partition coefficient (Wildman–Crippen LogP) is 3.39. The third-order valence-electron chi connectivity index (χ3n) is 3.98. The average Bonchev–Trinajstić information content (AvgIpc) is 2.74. The molecule has 2 heterocycles. The number of aliphatic imine (C=N–C) groups is 2. The molecule has 0 aliphatic carbocycles. The highest BCUT2D eigenvalue weighted by atomic mass is 32.2. The molecule has 2 aromatic rings. The average molecular weight is 382 g/mol. The van der Waals surface area contributed by atoms with E-state index in [1.165, 1.54) is 0 Å². The van der Waals surface area contributed by atoms with E-state index in [1.54, 1.807) is 18.9 Å².